The second kappa shape index (κ2) is 7.99. The maximum absolute atomic E-state index is 4.64. The number of rotatable bonds is 6. The van der Waals surface area contributed by atoms with Gasteiger partial charge >= 0.3 is 0 Å². The molecule has 0 aromatic carbocycles. The standard InChI is InChI=1S/C13H26N2S/c1-4-5-6-7-8-11(2)14-13-15-12(3)9-10-16-13/h11-12H,4-10H2,1-3H3,(H,14,15). The summed E-state index contributed by atoms with van der Waals surface area (Å²) in [7, 11) is 0. The monoisotopic (exact) mass is 242 g/mol. The highest BCUT2D eigenvalue weighted by Gasteiger charge is 2.13. The topological polar surface area (TPSA) is 24.4 Å². The number of nitrogens with zero attached hydrogens (tertiary/aromatic N) is 1. The summed E-state index contributed by atoms with van der Waals surface area (Å²) in [6.45, 7) is 6.73. The summed E-state index contributed by atoms with van der Waals surface area (Å²) in [6, 6.07) is 1.09. The Labute approximate surface area is 105 Å². The van der Waals surface area contributed by atoms with Gasteiger partial charge in [-0.25, -0.2) is 0 Å². The molecule has 0 fully saturated rings. The lowest BCUT2D eigenvalue weighted by atomic mass is 10.1. The van der Waals surface area contributed by atoms with Crippen LogP contribution < -0.4 is 5.32 Å². The Bertz CT molecular complexity index is 216. The normalized spacial score (nSPS) is 22.7. The van der Waals surface area contributed by atoms with Crippen molar-refractivity contribution in [3.05, 3.63) is 0 Å². The molecule has 1 N–H and O–H groups in total. The van der Waals surface area contributed by atoms with E-state index in [1.54, 1.807) is 0 Å². The Morgan fingerprint density at radius 1 is 1.44 bits per heavy atom. The molecule has 0 radical (unpaired) electrons. The molecule has 0 bridgehead atoms. The second-order valence-electron chi connectivity index (χ2n) is 4.82. The molecule has 0 amide bonds. The largest absolute Gasteiger partial charge is 0.362 e. The SMILES string of the molecule is CCCCCCC(C)NC1=NC(C)CCS1. The lowest BCUT2D eigenvalue weighted by Crippen LogP contribution is -2.33. The lowest BCUT2D eigenvalue weighted by Gasteiger charge is -2.21. The molecule has 0 spiro atoms. The molecule has 2 atom stereocenters. The van der Waals surface area contributed by atoms with Crippen LogP contribution in [0.1, 0.15) is 59.3 Å². The van der Waals surface area contributed by atoms with Gasteiger partial charge < -0.3 is 5.32 Å². The van der Waals surface area contributed by atoms with Crippen LogP contribution in [0.4, 0.5) is 0 Å². The lowest BCUT2D eigenvalue weighted by molar-refractivity contribution is 0.543. The molecule has 3 heteroatoms. The fraction of sp³-hybridized carbons (Fsp3) is 0.923. The molecule has 0 saturated carbocycles. The minimum Gasteiger partial charge on any atom is -0.362 e. The van der Waals surface area contributed by atoms with Gasteiger partial charge in [-0.2, -0.15) is 0 Å². The zero-order valence-corrected chi connectivity index (χ0v) is 11.8. The van der Waals surface area contributed by atoms with E-state index in [1.165, 1.54) is 49.4 Å². The quantitative estimate of drug-likeness (QED) is 0.716. The van der Waals surface area contributed by atoms with Crippen molar-refractivity contribution in [1.82, 2.24) is 5.32 Å². The van der Waals surface area contributed by atoms with Crippen LogP contribution in [0.15, 0.2) is 4.99 Å². The summed E-state index contributed by atoms with van der Waals surface area (Å²) in [5.41, 5.74) is 0. The number of nitrogens with one attached hydrogen (secondary N) is 1. The van der Waals surface area contributed by atoms with E-state index >= 15 is 0 Å². The van der Waals surface area contributed by atoms with E-state index in [4.69, 9.17) is 0 Å². The molecule has 1 aliphatic heterocycles. The summed E-state index contributed by atoms with van der Waals surface area (Å²) in [5, 5.41) is 4.71. The van der Waals surface area contributed by atoms with Crippen LogP contribution in [0.3, 0.4) is 0 Å². The molecule has 0 saturated heterocycles. The zero-order chi connectivity index (χ0) is 11.8. The highest BCUT2D eigenvalue weighted by Crippen LogP contribution is 2.16. The van der Waals surface area contributed by atoms with Crippen molar-refractivity contribution in [3.63, 3.8) is 0 Å². The van der Waals surface area contributed by atoms with Gasteiger partial charge in [-0.3, -0.25) is 4.99 Å². The van der Waals surface area contributed by atoms with Crippen LogP contribution in [-0.2, 0) is 0 Å². The van der Waals surface area contributed by atoms with Crippen molar-refractivity contribution in [2.24, 2.45) is 4.99 Å². The van der Waals surface area contributed by atoms with Gasteiger partial charge in [0, 0.05) is 11.8 Å². The second-order valence-corrected chi connectivity index (χ2v) is 5.90. The average Bonchev–Trinajstić information content (AvgIpc) is 2.24. The molecule has 0 aromatic heterocycles. The maximum Gasteiger partial charge on any atom is 0.157 e. The first-order valence-corrected chi connectivity index (χ1v) is 7.68. The van der Waals surface area contributed by atoms with Gasteiger partial charge in [0.2, 0.25) is 0 Å². The van der Waals surface area contributed by atoms with Crippen LogP contribution in [0, 0.1) is 0 Å². The number of amidine groups is 1. The fourth-order valence-electron chi connectivity index (χ4n) is 1.87. The maximum atomic E-state index is 4.64. The van der Waals surface area contributed by atoms with Gasteiger partial charge in [-0.15, -0.1) is 0 Å². The fourth-order valence-corrected chi connectivity index (χ4v) is 3.06. The molecule has 1 aliphatic rings. The van der Waals surface area contributed by atoms with E-state index in [0.717, 1.165) is 0 Å². The highest BCUT2D eigenvalue weighted by atomic mass is 32.2. The first-order chi connectivity index (χ1) is 7.72. The van der Waals surface area contributed by atoms with Crippen LogP contribution in [0.5, 0.6) is 0 Å². The highest BCUT2D eigenvalue weighted by molar-refractivity contribution is 8.13. The summed E-state index contributed by atoms with van der Waals surface area (Å²) in [5.74, 6) is 1.22. The summed E-state index contributed by atoms with van der Waals surface area (Å²) in [4.78, 5) is 4.64. The number of hydrogen-bond acceptors (Lipinski definition) is 3. The van der Waals surface area contributed by atoms with Crippen molar-refractivity contribution in [2.75, 3.05) is 5.75 Å². The van der Waals surface area contributed by atoms with Gasteiger partial charge in [-0.05, 0) is 26.7 Å². The zero-order valence-electron chi connectivity index (χ0n) is 11.0. The molecule has 16 heavy (non-hydrogen) atoms. The molecule has 0 aromatic rings. The van der Waals surface area contributed by atoms with E-state index < -0.39 is 0 Å². The molecule has 0 aliphatic carbocycles. The first-order valence-electron chi connectivity index (χ1n) is 6.69. The van der Waals surface area contributed by atoms with E-state index in [1.807, 2.05) is 11.8 Å². The average molecular weight is 242 g/mol. The van der Waals surface area contributed by atoms with Gasteiger partial charge in [0.25, 0.3) is 0 Å². The van der Waals surface area contributed by atoms with Crippen LogP contribution in [0.2, 0.25) is 0 Å². The third kappa shape index (κ3) is 5.78. The van der Waals surface area contributed by atoms with Crippen molar-refractivity contribution < 1.29 is 0 Å². The third-order valence-electron chi connectivity index (χ3n) is 2.97. The van der Waals surface area contributed by atoms with Crippen LogP contribution in [-0.4, -0.2) is 23.0 Å². The Kier molecular flexibility index (Phi) is 6.93. The molecule has 2 unspecified atom stereocenters. The summed E-state index contributed by atoms with van der Waals surface area (Å²) in [6.07, 6.45) is 7.91. The molecule has 1 heterocycles. The smallest absolute Gasteiger partial charge is 0.157 e. The number of unbranched alkanes of at least 4 members (excludes halogenated alkanes) is 3. The Balaban J connectivity index is 2.15. The van der Waals surface area contributed by atoms with Crippen LogP contribution in [0.25, 0.3) is 0 Å². The Morgan fingerprint density at radius 2 is 2.25 bits per heavy atom. The van der Waals surface area contributed by atoms with E-state index in [-0.39, 0.29) is 0 Å². The Morgan fingerprint density at radius 3 is 2.94 bits per heavy atom. The van der Waals surface area contributed by atoms with E-state index in [2.05, 4.69) is 31.1 Å². The molecular formula is C13H26N2S. The van der Waals surface area contributed by atoms with Crippen LogP contribution >= 0.6 is 11.8 Å². The predicted molar refractivity (Wildman–Crippen MR) is 75.3 cm³/mol. The van der Waals surface area contributed by atoms with Gasteiger partial charge in [0.05, 0.1) is 6.04 Å². The first kappa shape index (κ1) is 13.9. The minimum absolute atomic E-state index is 0.510. The molecule has 1 rings (SSSR count). The van der Waals surface area contributed by atoms with E-state index in [9.17, 15) is 0 Å². The molecule has 94 valence electrons. The van der Waals surface area contributed by atoms with Gasteiger partial charge in [0.15, 0.2) is 5.17 Å². The molecule has 2 nitrogen and oxygen atoms in total. The minimum atomic E-state index is 0.510. The van der Waals surface area contributed by atoms with Crippen molar-refractivity contribution in [1.29, 1.82) is 0 Å². The third-order valence-corrected chi connectivity index (χ3v) is 3.91. The molecular weight excluding hydrogens is 216 g/mol. The number of aliphatic imine (C=N–C) groups is 1. The van der Waals surface area contributed by atoms with Crippen molar-refractivity contribution in [3.8, 4) is 0 Å². The van der Waals surface area contributed by atoms with Gasteiger partial charge in [-0.1, -0.05) is 44.4 Å². The number of hydrogen-bond donors (Lipinski definition) is 1. The van der Waals surface area contributed by atoms with Crippen molar-refractivity contribution in [2.45, 2.75) is 71.4 Å². The van der Waals surface area contributed by atoms with E-state index in [0.29, 0.717) is 12.1 Å². The summed E-state index contributed by atoms with van der Waals surface area (Å²) < 4.78 is 0. The van der Waals surface area contributed by atoms with Crippen molar-refractivity contribution >= 4 is 16.9 Å². The number of thioether (sulfide) groups is 1. The summed E-state index contributed by atoms with van der Waals surface area (Å²) >= 11 is 1.88. The predicted octanol–water partition coefficient (Wildman–Crippen LogP) is 3.82. The Hall–Kier alpha value is -0.180. The van der Waals surface area contributed by atoms with Gasteiger partial charge in [0.1, 0.15) is 0 Å².